The van der Waals surface area contributed by atoms with Crippen LogP contribution >= 0.6 is 15.9 Å². The highest BCUT2D eigenvalue weighted by atomic mass is 79.9. The number of ether oxygens (including phenoxy) is 1. The minimum Gasteiger partial charge on any atom is -0.481 e. The molecule has 0 radical (unpaired) electrons. The molecular weight excluding hydrogens is 318 g/mol. The molecule has 1 fully saturated rings. The van der Waals surface area contributed by atoms with Crippen molar-refractivity contribution in [2.24, 2.45) is 0 Å². The Morgan fingerprint density at radius 2 is 2.05 bits per heavy atom. The molecule has 2 rings (SSSR count). The molecule has 1 aromatic carbocycles. The van der Waals surface area contributed by atoms with Crippen LogP contribution in [0.1, 0.15) is 44.6 Å². The van der Waals surface area contributed by atoms with E-state index in [0.29, 0.717) is 6.04 Å². The minimum atomic E-state index is -0.461. The van der Waals surface area contributed by atoms with Crippen LogP contribution in [0.15, 0.2) is 22.7 Å². The highest BCUT2D eigenvalue weighted by molar-refractivity contribution is 9.10. The van der Waals surface area contributed by atoms with Gasteiger partial charge in [-0.25, -0.2) is 0 Å². The third kappa shape index (κ3) is 4.23. The van der Waals surface area contributed by atoms with Crippen molar-refractivity contribution in [3.63, 3.8) is 0 Å². The molecule has 0 bridgehead atoms. The summed E-state index contributed by atoms with van der Waals surface area (Å²) in [6.07, 6.45) is 5.44. The van der Waals surface area contributed by atoms with Gasteiger partial charge in [0.2, 0.25) is 0 Å². The van der Waals surface area contributed by atoms with Gasteiger partial charge in [0.15, 0.2) is 6.10 Å². The van der Waals surface area contributed by atoms with Gasteiger partial charge in [0.1, 0.15) is 5.75 Å². The second-order valence-corrected chi connectivity index (χ2v) is 6.43. The number of hydrogen-bond acceptors (Lipinski definition) is 2. The molecule has 1 unspecified atom stereocenters. The van der Waals surface area contributed by atoms with Gasteiger partial charge in [0, 0.05) is 10.5 Å². The Bertz CT molecular complexity index is 470. The molecule has 0 heterocycles. The second kappa shape index (κ2) is 7.11. The molecule has 1 saturated carbocycles. The van der Waals surface area contributed by atoms with Crippen molar-refractivity contribution >= 4 is 21.8 Å². The maximum Gasteiger partial charge on any atom is 0.260 e. The number of rotatable bonds is 4. The number of carbonyl (C=O) groups excluding carboxylic acids is 1. The van der Waals surface area contributed by atoms with Crippen molar-refractivity contribution < 1.29 is 9.53 Å². The zero-order valence-electron chi connectivity index (χ0n) is 12.1. The van der Waals surface area contributed by atoms with Crippen molar-refractivity contribution in [3.8, 4) is 5.75 Å². The van der Waals surface area contributed by atoms with Gasteiger partial charge < -0.3 is 10.1 Å². The Balaban J connectivity index is 1.89. The van der Waals surface area contributed by atoms with Crippen molar-refractivity contribution in [2.75, 3.05) is 0 Å². The maximum atomic E-state index is 12.1. The van der Waals surface area contributed by atoms with Crippen LogP contribution in [0.3, 0.4) is 0 Å². The molecule has 1 amide bonds. The van der Waals surface area contributed by atoms with Crippen LogP contribution in [0.4, 0.5) is 0 Å². The fourth-order valence-corrected chi connectivity index (χ4v) is 3.03. The zero-order chi connectivity index (χ0) is 14.5. The number of hydrogen-bond donors (Lipinski definition) is 1. The van der Waals surface area contributed by atoms with Crippen LogP contribution in [0.2, 0.25) is 0 Å². The molecule has 1 atom stereocenters. The van der Waals surface area contributed by atoms with Crippen LogP contribution in [0.25, 0.3) is 0 Å². The fourth-order valence-electron chi connectivity index (χ4n) is 2.55. The molecule has 110 valence electrons. The average Bonchev–Trinajstić information content (AvgIpc) is 2.43. The number of benzene rings is 1. The summed E-state index contributed by atoms with van der Waals surface area (Å²) in [7, 11) is 0. The van der Waals surface area contributed by atoms with Crippen molar-refractivity contribution in [1.82, 2.24) is 5.32 Å². The molecule has 4 heteroatoms. The Kier molecular flexibility index (Phi) is 5.46. The highest BCUT2D eigenvalue weighted by Gasteiger charge is 2.21. The number of carbonyl (C=O) groups is 1. The molecule has 20 heavy (non-hydrogen) atoms. The highest BCUT2D eigenvalue weighted by Crippen LogP contribution is 2.23. The van der Waals surface area contributed by atoms with Crippen molar-refractivity contribution in [1.29, 1.82) is 0 Å². The molecule has 0 aromatic heterocycles. The summed E-state index contributed by atoms with van der Waals surface area (Å²) in [5, 5.41) is 3.10. The number of aryl methyl sites for hydroxylation is 1. The zero-order valence-corrected chi connectivity index (χ0v) is 13.7. The Morgan fingerprint density at radius 1 is 1.35 bits per heavy atom. The first kappa shape index (κ1) is 15.4. The SMILES string of the molecule is Cc1cc(Br)ccc1OC(C)C(=O)NC1CCCCC1. The molecule has 1 aromatic rings. The number of nitrogens with one attached hydrogen (secondary N) is 1. The van der Waals surface area contributed by atoms with E-state index in [0.717, 1.165) is 28.6 Å². The molecule has 1 aliphatic carbocycles. The van der Waals surface area contributed by atoms with Crippen LogP contribution in [-0.4, -0.2) is 18.1 Å². The predicted octanol–water partition coefficient (Wildman–Crippen LogP) is 3.97. The molecular formula is C16H22BrNO2. The van der Waals surface area contributed by atoms with Gasteiger partial charge in [-0.2, -0.15) is 0 Å². The molecule has 0 saturated heterocycles. The predicted molar refractivity (Wildman–Crippen MR) is 84.0 cm³/mol. The normalized spacial score (nSPS) is 17.6. The molecule has 0 spiro atoms. The van der Waals surface area contributed by atoms with E-state index in [1.807, 2.05) is 25.1 Å². The monoisotopic (exact) mass is 339 g/mol. The lowest BCUT2D eigenvalue weighted by Crippen LogP contribution is -2.43. The van der Waals surface area contributed by atoms with Gasteiger partial charge in [-0.05, 0) is 50.5 Å². The smallest absolute Gasteiger partial charge is 0.260 e. The van der Waals surface area contributed by atoms with E-state index >= 15 is 0 Å². The van der Waals surface area contributed by atoms with Crippen LogP contribution in [0, 0.1) is 6.92 Å². The lowest BCUT2D eigenvalue weighted by atomic mass is 9.95. The average molecular weight is 340 g/mol. The first-order valence-electron chi connectivity index (χ1n) is 7.29. The minimum absolute atomic E-state index is 0.0146. The van der Waals surface area contributed by atoms with E-state index in [2.05, 4.69) is 21.2 Å². The summed E-state index contributed by atoms with van der Waals surface area (Å²) in [4.78, 5) is 12.1. The molecule has 1 N–H and O–H groups in total. The molecule has 0 aliphatic heterocycles. The van der Waals surface area contributed by atoms with Gasteiger partial charge in [0.25, 0.3) is 5.91 Å². The van der Waals surface area contributed by atoms with E-state index in [1.54, 1.807) is 6.92 Å². The standard InChI is InChI=1S/C16H22BrNO2/c1-11-10-13(17)8-9-15(11)20-12(2)16(19)18-14-6-4-3-5-7-14/h8-10,12,14H,3-7H2,1-2H3,(H,18,19). The number of halogens is 1. The van der Waals surface area contributed by atoms with E-state index in [-0.39, 0.29) is 5.91 Å². The summed E-state index contributed by atoms with van der Waals surface area (Å²) >= 11 is 3.42. The van der Waals surface area contributed by atoms with Gasteiger partial charge in [-0.1, -0.05) is 35.2 Å². The fraction of sp³-hybridized carbons (Fsp3) is 0.562. The molecule has 1 aliphatic rings. The summed E-state index contributed by atoms with van der Waals surface area (Å²) < 4.78 is 6.79. The van der Waals surface area contributed by atoms with Crippen molar-refractivity contribution in [2.45, 2.75) is 58.1 Å². The van der Waals surface area contributed by atoms with Crippen LogP contribution < -0.4 is 10.1 Å². The summed E-state index contributed by atoms with van der Waals surface area (Å²) in [6, 6.07) is 6.13. The lowest BCUT2D eigenvalue weighted by molar-refractivity contribution is -0.128. The third-order valence-electron chi connectivity index (χ3n) is 3.76. The first-order valence-corrected chi connectivity index (χ1v) is 8.09. The van der Waals surface area contributed by atoms with Crippen LogP contribution in [-0.2, 0) is 4.79 Å². The van der Waals surface area contributed by atoms with E-state index in [1.165, 1.54) is 19.3 Å². The van der Waals surface area contributed by atoms with Crippen LogP contribution in [0.5, 0.6) is 5.75 Å². The third-order valence-corrected chi connectivity index (χ3v) is 4.25. The lowest BCUT2D eigenvalue weighted by Gasteiger charge is -2.25. The summed E-state index contributed by atoms with van der Waals surface area (Å²) in [5.74, 6) is 0.749. The summed E-state index contributed by atoms with van der Waals surface area (Å²) in [5.41, 5.74) is 1.02. The van der Waals surface area contributed by atoms with Gasteiger partial charge in [-0.15, -0.1) is 0 Å². The molecule has 3 nitrogen and oxygen atoms in total. The number of amides is 1. The van der Waals surface area contributed by atoms with Gasteiger partial charge in [0.05, 0.1) is 0 Å². The van der Waals surface area contributed by atoms with E-state index in [4.69, 9.17) is 4.74 Å². The Morgan fingerprint density at radius 3 is 2.70 bits per heavy atom. The van der Waals surface area contributed by atoms with Gasteiger partial charge >= 0.3 is 0 Å². The second-order valence-electron chi connectivity index (χ2n) is 5.51. The topological polar surface area (TPSA) is 38.3 Å². The van der Waals surface area contributed by atoms with E-state index < -0.39 is 6.10 Å². The summed E-state index contributed by atoms with van der Waals surface area (Å²) in [6.45, 7) is 3.78. The van der Waals surface area contributed by atoms with Gasteiger partial charge in [-0.3, -0.25) is 4.79 Å². The Labute approximate surface area is 129 Å². The first-order chi connectivity index (χ1) is 9.56. The van der Waals surface area contributed by atoms with E-state index in [9.17, 15) is 4.79 Å². The largest absolute Gasteiger partial charge is 0.481 e. The Hall–Kier alpha value is -1.03. The van der Waals surface area contributed by atoms with Crippen molar-refractivity contribution in [3.05, 3.63) is 28.2 Å². The maximum absolute atomic E-state index is 12.1. The quantitative estimate of drug-likeness (QED) is 0.901.